The number of rotatable bonds is 10. The lowest BCUT2D eigenvalue weighted by Gasteiger charge is -2.20. The van der Waals surface area contributed by atoms with Crippen LogP contribution < -0.4 is 4.52 Å². The Hall–Kier alpha value is -0.790. The highest BCUT2D eigenvalue weighted by molar-refractivity contribution is 7.54. The van der Waals surface area contributed by atoms with Crippen molar-refractivity contribution in [2.45, 2.75) is 59.8 Å². The minimum absolute atomic E-state index is 0.489. The Labute approximate surface area is 129 Å². The highest BCUT2D eigenvalue weighted by Crippen LogP contribution is 2.49. The van der Waals surface area contributed by atoms with E-state index in [9.17, 15) is 4.57 Å². The first-order valence-electron chi connectivity index (χ1n) is 8.01. The van der Waals surface area contributed by atoms with Crippen molar-refractivity contribution < 1.29 is 13.6 Å². The molecular formula is C17H29O3P. The van der Waals surface area contributed by atoms with Crippen molar-refractivity contribution in [2.75, 3.05) is 12.8 Å². The van der Waals surface area contributed by atoms with Gasteiger partial charge in [-0.3, -0.25) is 4.52 Å². The molecule has 4 heteroatoms. The predicted molar refractivity (Wildman–Crippen MR) is 89.4 cm³/mol. The van der Waals surface area contributed by atoms with Gasteiger partial charge in [0.2, 0.25) is 0 Å². The molecule has 0 spiro atoms. The van der Waals surface area contributed by atoms with Crippen molar-refractivity contribution in [3.63, 3.8) is 0 Å². The van der Waals surface area contributed by atoms with Crippen LogP contribution in [0.3, 0.4) is 0 Å². The van der Waals surface area contributed by atoms with Gasteiger partial charge in [-0.15, -0.1) is 0 Å². The van der Waals surface area contributed by atoms with Gasteiger partial charge >= 0.3 is 7.60 Å². The third-order valence-corrected chi connectivity index (χ3v) is 5.47. The molecule has 0 saturated carbocycles. The van der Waals surface area contributed by atoms with Gasteiger partial charge in [-0.05, 0) is 49.9 Å². The SMILES string of the molecule is CCCCCOP(=O)(CCCC)Oc1ccc(C)c(C)c1. The number of unbranched alkanes of at least 4 members (excludes halogenated alkanes) is 3. The maximum Gasteiger partial charge on any atom is 0.379 e. The third kappa shape index (κ3) is 6.67. The summed E-state index contributed by atoms with van der Waals surface area (Å²) in [6.07, 6.45) is 5.48. The van der Waals surface area contributed by atoms with Gasteiger partial charge < -0.3 is 4.52 Å². The minimum Gasteiger partial charge on any atom is -0.424 e. The monoisotopic (exact) mass is 312 g/mol. The quantitative estimate of drug-likeness (QED) is 0.399. The number of hydrogen-bond acceptors (Lipinski definition) is 3. The Kier molecular flexibility index (Phi) is 8.06. The molecule has 3 nitrogen and oxygen atoms in total. The zero-order valence-corrected chi connectivity index (χ0v) is 14.7. The largest absolute Gasteiger partial charge is 0.424 e. The molecule has 0 radical (unpaired) electrons. The Balaban J connectivity index is 2.71. The summed E-state index contributed by atoms with van der Waals surface area (Å²) in [7, 11) is -3.03. The standard InChI is InChI=1S/C17H29O3P/c1-5-7-9-12-19-21(18,13-8-6-2)20-17-11-10-15(3)16(4)14-17/h10-11,14H,5-9,12-13H2,1-4H3. The summed E-state index contributed by atoms with van der Waals surface area (Å²) in [5, 5.41) is 0. The lowest BCUT2D eigenvalue weighted by Crippen LogP contribution is -2.04. The molecule has 1 aromatic carbocycles. The molecule has 0 saturated heterocycles. The van der Waals surface area contributed by atoms with Gasteiger partial charge in [-0.2, -0.15) is 0 Å². The molecule has 21 heavy (non-hydrogen) atoms. The molecule has 0 aliphatic heterocycles. The molecule has 0 aromatic heterocycles. The molecule has 0 N–H and O–H groups in total. The average molecular weight is 312 g/mol. The van der Waals surface area contributed by atoms with Crippen LogP contribution in [0.25, 0.3) is 0 Å². The molecule has 0 bridgehead atoms. The van der Waals surface area contributed by atoms with Crippen molar-refractivity contribution in [2.24, 2.45) is 0 Å². The zero-order valence-electron chi connectivity index (χ0n) is 13.9. The van der Waals surface area contributed by atoms with Crippen molar-refractivity contribution in [1.82, 2.24) is 0 Å². The Morgan fingerprint density at radius 2 is 1.71 bits per heavy atom. The lowest BCUT2D eigenvalue weighted by molar-refractivity contribution is 0.257. The van der Waals surface area contributed by atoms with E-state index in [2.05, 4.69) is 20.8 Å². The molecule has 0 fully saturated rings. The smallest absolute Gasteiger partial charge is 0.379 e. The first kappa shape index (κ1) is 18.3. The topological polar surface area (TPSA) is 35.5 Å². The first-order chi connectivity index (χ1) is 10.0. The van der Waals surface area contributed by atoms with Crippen molar-refractivity contribution in [3.8, 4) is 5.75 Å². The van der Waals surface area contributed by atoms with Gasteiger partial charge in [0.05, 0.1) is 12.8 Å². The van der Waals surface area contributed by atoms with E-state index >= 15 is 0 Å². The molecule has 0 aliphatic rings. The van der Waals surface area contributed by atoms with Gasteiger partial charge in [-0.25, -0.2) is 4.57 Å². The van der Waals surface area contributed by atoms with Gasteiger partial charge in [0.15, 0.2) is 0 Å². The first-order valence-corrected chi connectivity index (χ1v) is 9.74. The van der Waals surface area contributed by atoms with Crippen LogP contribution in [0.5, 0.6) is 5.75 Å². The molecule has 0 amide bonds. The van der Waals surface area contributed by atoms with Gasteiger partial charge in [0.1, 0.15) is 5.75 Å². The highest BCUT2D eigenvalue weighted by Gasteiger charge is 2.25. The average Bonchev–Trinajstić information content (AvgIpc) is 2.46. The fourth-order valence-electron chi connectivity index (χ4n) is 1.98. The van der Waals surface area contributed by atoms with Crippen LogP contribution in [0.15, 0.2) is 18.2 Å². The van der Waals surface area contributed by atoms with E-state index in [-0.39, 0.29) is 0 Å². The molecule has 1 atom stereocenters. The molecule has 1 aromatic rings. The summed E-state index contributed by atoms with van der Waals surface area (Å²) in [6.45, 7) is 8.82. The summed E-state index contributed by atoms with van der Waals surface area (Å²) < 4.78 is 24.3. The summed E-state index contributed by atoms with van der Waals surface area (Å²) in [6, 6.07) is 5.80. The Bertz CT molecular complexity index is 471. The van der Waals surface area contributed by atoms with Crippen molar-refractivity contribution >= 4 is 7.60 Å². The van der Waals surface area contributed by atoms with Crippen LogP contribution in [-0.2, 0) is 9.09 Å². The van der Waals surface area contributed by atoms with Gasteiger partial charge in [0.25, 0.3) is 0 Å². The normalized spacial score (nSPS) is 13.9. The van der Waals surface area contributed by atoms with Crippen LogP contribution in [0, 0.1) is 13.8 Å². The highest BCUT2D eigenvalue weighted by atomic mass is 31.2. The number of hydrogen-bond donors (Lipinski definition) is 0. The molecule has 0 heterocycles. The predicted octanol–water partition coefficient (Wildman–Crippen LogP) is 5.88. The second-order valence-electron chi connectivity index (χ2n) is 5.57. The van der Waals surface area contributed by atoms with E-state index in [1.54, 1.807) is 0 Å². The minimum atomic E-state index is -3.03. The van der Waals surface area contributed by atoms with E-state index in [1.165, 1.54) is 5.56 Å². The summed E-state index contributed by atoms with van der Waals surface area (Å²) in [4.78, 5) is 0. The fourth-order valence-corrected chi connectivity index (χ4v) is 3.79. The Morgan fingerprint density at radius 1 is 1.00 bits per heavy atom. The zero-order chi connectivity index (χ0) is 15.7. The fraction of sp³-hybridized carbons (Fsp3) is 0.647. The van der Waals surface area contributed by atoms with Gasteiger partial charge in [0, 0.05) is 0 Å². The molecule has 1 rings (SSSR count). The molecule has 0 aliphatic carbocycles. The van der Waals surface area contributed by atoms with Crippen LogP contribution >= 0.6 is 7.60 Å². The lowest BCUT2D eigenvalue weighted by atomic mass is 10.1. The second-order valence-corrected chi connectivity index (χ2v) is 7.68. The van der Waals surface area contributed by atoms with Crippen LogP contribution in [0.2, 0.25) is 0 Å². The van der Waals surface area contributed by atoms with Gasteiger partial charge in [-0.1, -0.05) is 39.2 Å². The third-order valence-electron chi connectivity index (χ3n) is 3.54. The Morgan fingerprint density at radius 3 is 2.33 bits per heavy atom. The van der Waals surface area contributed by atoms with Crippen LogP contribution in [-0.4, -0.2) is 12.8 Å². The van der Waals surface area contributed by atoms with E-state index in [0.717, 1.165) is 37.7 Å². The van der Waals surface area contributed by atoms with Crippen molar-refractivity contribution in [1.29, 1.82) is 0 Å². The van der Waals surface area contributed by atoms with E-state index in [4.69, 9.17) is 9.05 Å². The van der Waals surface area contributed by atoms with E-state index in [1.807, 2.05) is 25.1 Å². The maximum atomic E-state index is 12.9. The van der Waals surface area contributed by atoms with Crippen LogP contribution in [0.1, 0.15) is 57.1 Å². The second kappa shape index (κ2) is 9.27. The molecule has 1 unspecified atom stereocenters. The number of aryl methyl sites for hydroxylation is 2. The summed E-state index contributed by atoms with van der Waals surface area (Å²) in [5.74, 6) is 0.646. The van der Waals surface area contributed by atoms with E-state index < -0.39 is 7.60 Å². The van der Waals surface area contributed by atoms with Crippen LogP contribution in [0.4, 0.5) is 0 Å². The maximum absolute atomic E-state index is 12.9. The van der Waals surface area contributed by atoms with E-state index in [0.29, 0.717) is 18.5 Å². The molecular weight excluding hydrogens is 283 g/mol. The van der Waals surface area contributed by atoms with Crippen molar-refractivity contribution in [3.05, 3.63) is 29.3 Å². The number of benzene rings is 1. The summed E-state index contributed by atoms with van der Waals surface area (Å²) in [5.41, 5.74) is 2.34. The molecule has 120 valence electrons. The summed E-state index contributed by atoms with van der Waals surface area (Å²) >= 11 is 0.